The van der Waals surface area contributed by atoms with Crippen molar-refractivity contribution in [3.8, 4) is 22.6 Å². The van der Waals surface area contributed by atoms with Crippen LogP contribution in [-0.4, -0.2) is 29.2 Å². The number of anilines is 2. The second-order valence-corrected chi connectivity index (χ2v) is 8.65. The van der Waals surface area contributed by atoms with Crippen molar-refractivity contribution >= 4 is 39.0 Å². The fourth-order valence-electron chi connectivity index (χ4n) is 3.78. The first-order valence-electron chi connectivity index (χ1n) is 10.4. The Morgan fingerprint density at radius 3 is 2.81 bits per heavy atom. The van der Waals surface area contributed by atoms with Gasteiger partial charge in [-0.1, -0.05) is 30.3 Å². The first-order chi connectivity index (χ1) is 15.7. The highest BCUT2D eigenvalue weighted by Gasteiger charge is 2.17. The molecule has 0 saturated carbocycles. The van der Waals surface area contributed by atoms with E-state index in [1.54, 1.807) is 29.8 Å². The van der Waals surface area contributed by atoms with Crippen LogP contribution >= 0.6 is 11.3 Å². The quantitative estimate of drug-likeness (QED) is 0.378. The zero-order chi connectivity index (χ0) is 21.9. The average molecular weight is 447 g/mol. The van der Waals surface area contributed by atoms with Crippen molar-refractivity contribution < 1.29 is 14.3 Å². The molecule has 5 rings (SSSR count). The van der Waals surface area contributed by atoms with E-state index in [1.165, 1.54) is 4.88 Å². The monoisotopic (exact) mass is 446 g/mol. The lowest BCUT2D eigenvalue weighted by molar-refractivity contribution is -0.116. The van der Waals surface area contributed by atoms with Crippen molar-refractivity contribution in [2.75, 3.05) is 24.0 Å². The Bertz CT molecular complexity index is 1270. The first-order valence-corrected chi connectivity index (χ1v) is 11.2. The molecule has 1 aliphatic rings. The Balaban J connectivity index is 1.23. The molecule has 2 aromatic carbocycles. The minimum Gasteiger partial charge on any atom is -0.454 e. The smallest absolute Gasteiger partial charge is 0.231 e. The lowest BCUT2D eigenvalue weighted by atomic mass is 10.0. The van der Waals surface area contributed by atoms with Crippen molar-refractivity contribution in [1.82, 2.24) is 9.97 Å². The largest absolute Gasteiger partial charge is 0.454 e. The highest BCUT2D eigenvalue weighted by atomic mass is 32.1. The maximum atomic E-state index is 12.3. The molecule has 0 unspecified atom stereocenters. The molecule has 2 aromatic heterocycles. The highest BCUT2D eigenvalue weighted by Crippen LogP contribution is 2.40. The Kier molecular flexibility index (Phi) is 5.60. The van der Waals surface area contributed by atoms with Crippen LogP contribution in [0.1, 0.15) is 17.7 Å². The number of hydrogen-bond donors (Lipinski definition) is 2. The number of carbonyl (C=O) groups excluding carboxylic acids is 1. The van der Waals surface area contributed by atoms with Crippen molar-refractivity contribution in [3.63, 3.8) is 0 Å². The number of aromatic nitrogens is 2. The van der Waals surface area contributed by atoms with Crippen LogP contribution in [0.15, 0.2) is 54.9 Å². The Hall–Kier alpha value is -3.65. The normalized spacial score (nSPS) is 12.2. The molecule has 0 saturated heterocycles. The second kappa shape index (κ2) is 8.84. The van der Waals surface area contributed by atoms with Gasteiger partial charge in [-0.05, 0) is 31.0 Å². The predicted octanol–water partition coefficient (Wildman–Crippen LogP) is 5.23. The van der Waals surface area contributed by atoms with Crippen molar-refractivity contribution in [2.24, 2.45) is 0 Å². The third kappa shape index (κ3) is 4.09. The van der Waals surface area contributed by atoms with E-state index in [-0.39, 0.29) is 12.7 Å². The summed E-state index contributed by atoms with van der Waals surface area (Å²) in [5, 5.41) is 7.34. The number of aryl methyl sites for hydroxylation is 1. The van der Waals surface area contributed by atoms with Crippen molar-refractivity contribution in [1.29, 1.82) is 0 Å². The van der Waals surface area contributed by atoms with E-state index in [0.29, 0.717) is 36.6 Å². The SMILES string of the molecule is Cc1sc2ncnc(NCCCC(=O)Nc3ccc4c(c3)OCO4)c2c1-c1ccccc1. The fourth-order valence-corrected chi connectivity index (χ4v) is 4.80. The summed E-state index contributed by atoms with van der Waals surface area (Å²) in [6, 6.07) is 15.7. The van der Waals surface area contributed by atoms with Gasteiger partial charge in [0.15, 0.2) is 11.5 Å². The van der Waals surface area contributed by atoms with Crippen LogP contribution in [0.3, 0.4) is 0 Å². The molecule has 0 atom stereocenters. The first kappa shape index (κ1) is 20.3. The number of benzene rings is 2. The van der Waals surface area contributed by atoms with E-state index in [2.05, 4.69) is 39.7 Å². The summed E-state index contributed by atoms with van der Waals surface area (Å²) in [6.45, 7) is 2.95. The Morgan fingerprint density at radius 1 is 1.09 bits per heavy atom. The van der Waals surface area contributed by atoms with E-state index in [1.807, 2.05) is 24.3 Å². The van der Waals surface area contributed by atoms with Gasteiger partial charge in [-0.15, -0.1) is 11.3 Å². The van der Waals surface area contributed by atoms with E-state index in [9.17, 15) is 4.79 Å². The molecule has 4 aromatic rings. The van der Waals surface area contributed by atoms with Crippen molar-refractivity contribution in [3.05, 3.63) is 59.7 Å². The number of carbonyl (C=O) groups is 1. The second-order valence-electron chi connectivity index (χ2n) is 7.45. The van der Waals surface area contributed by atoms with Gasteiger partial charge in [-0.25, -0.2) is 9.97 Å². The molecule has 3 heterocycles. The van der Waals surface area contributed by atoms with Gasteiger partial charge >= 0.3 is 0 Å². The van der Waals surface area contributed by atoms with Gasteiger partial charge in [-0.2, -0.15) is 0 Å². The topological polar surface area (TPSA) is 85.4 Å². The predicted molar refractivity (Wildman–Crippen MR) is 127 cm³/mol. The molecule has 0 bridgehead atoms. The van der Waals surface area contributed by atoms with Crippen LogP contribution in [0, 0.1) is 6.92 Å². The summed E-state index contributed by atoms with van der Waals surface area (Å²) < 4.78 is 10.6. The molecule has 0 fully saturated rings. The maximum absolute atomic E-state index is 12.3. The molecule has 162 valence electrons. The molecule has 0 radical (unpaired) electrons. The van der Waals surface area contributed by atoms with Crippen LogP contribution in [0.25, 0.3) is 21.3 Å². The van der Waals surface area contributed by atoms with E-state index < -0.39 is 0 Å². The highest BCUT2D eigenvalue weighted by molar-refractivity contribution is 7.19. The number of thiophene rings is 1. The molecule has 7 nitrogen and oxygen atoms in total. The minimum absolute atomic E-state index is 0.0464. The summed E-state index contributed by atoms with van der Waals surface area (Å²) in [4.78, 5) is 23.5. The van der Waals surface area contributed by atoms with Gasteiger partial charge in [-0.3, -0.25) is 4.79 Å². The van der Waals surface area contributed by atoms with Gasteiger partial charge in [0.1, 0.15) is 17.0 Å². The van der Waals surface area contributed by atoms with Gasteiger partial charge in [0, 0.05) is 35.2 Å². The van der Waals surface area contributed by atoms with E-state index in [4.69, 9.17) is 9.47 Å². The molecule has 8 heteroatoms. The molecule has 2 N–H and O–H groups in total. The van der Waals surface area contributed by atoms with Gasteiger partial charge in [0.2, 0.25) is 12.7 Å². The van der Waals surface area contributed by atoms with Crippen LogP contribution in [0.5, 0.6) is 11.5 Å². The summed E-state index contributed by atoms with van der Waals surface area (Å²) in [7, 11) is 0. The lowest BCUT2D eigenvalue weighted by Crippen LogP contribution is -2.13. The lowest BCUT2D eigenvalue weighted by Gasteiger charge is -2.09. The molecule has 32 heavy (non-hydrogen) atoms. The number of nitrogens with zero attached hydrogens (tertiary/aromatic N) is 2. The number of nitrogens with one attached hydrogen (secondary N) is 2. The van der Waals surface area contributed by atoms with Crippen LogP contribution in [0.2, 0.25) is 0 Å². The van der Waals surface area contributed by atoms with Crippen LogP contribution in [-0.2, 0) is 4.79 Å². The van der Waals surface area contributed by atoms with E-state index in [0.717, 1.165) is 27.2 Å². The Labute approximate surface area is 189 Å². The number of amides is 1. The number of hydrogen-bond acceptors (Lipinski definition) is 7. The van der Waals surface area contributed by atoms with Crippen molar-refractivity contribution in [2.45, 2.75) is 19.8 Å². The van der Waals surface area contributed by atoms with Gasteiger partial charge in [0.05, 0.1) is 5.39 Å². The summed E-state index contributed by atoms with van der Waals surface area (Å²) in [5.41, 5.74) is 3.01. The van der Waals surface area contributed by atoms with Gasteiger partial charge in [0.25, 0.3) is 0 Å². The zero-order valence-corrected chi connectivity index (χ0v) is 18.4. The van der Waals surface area contributed by atoms with Crippen LogP contribution in [0.4, 0.5) is 11.5 Å². The summed E-state index contributed by atoms with van der Waals surface area (Å²) >= 11 is 1.67. The zero-order valence-electron chi connectivity index (χ0n) is 17.6. The molecule has 1 amide bonds. The Morgan fingerprint density at radius 2 is 1.94 bits per heavy atom. The molecular formula is C24H22N4O3S. The number of ether oxygens (including phenoxy) is 2. The number of fused-ring (bicyclic) bond motifs is 2. The third-order valence-electron chi connectivity index (χ3n) is 5.26. The maximum Gasteiger partial charge on any atom is 0.231 e. The summed E-state index contributed by atoms with van der Waals surface area (Å²) in [6.07, 6.45) is 2.65. The minimum atomic E-state index is -0.0464. The standard InChI is InChI=1S/C24H22N4O3S/c1-15-21(16-6-3-2-4-7-16)22-23(26-13-27-24(22)32-15)25-11-5-8-20(29)28-17-9-10-18-19(12-17)31-14-30-18/h2-4,6-7,9-10,12-13H,5,8,11,14H2,1H3,(H,28,29)(H,25,26,27). The van der Waals surface area contributed by atoms with Gasteiger partial charge < -0.3 is 20.1 Å². The third-order valence-corrected chi connectivity index (χ3v) is 6.27. The average Bonchev–Trinajstić information content (AvgIpc) is 3.40. The molecule has 0 aliphatic carbocycles. The molecule has 1 aliphatic heterocycles. The fraction of sp³-hybridized carbons (Fsp3) is 0.208. The summed E-state index contributed by atoms with van der Waals surface area (Å²) in [5.74, 6) is 2.10. The van der Waals surface area contributed by atoms with Crippen LogP contribution < -0.4 is 20.1 Å². The molecule has 0 spiro atoms. The number of rotatable bonds is 7. The molecular weight excluding hydrogens is 424 g/mol. The van der Waals surface area contributed by atoms with E-state index >= 15 is 0 Å².